The lowest BCUT2D eigenvalue weighted by Crippen LogP contribution is -2.37. The van der Waals surface area contributed by atoms with E-state index in [1.165, 1.54) is 0 Å². The largest absolute Gasteiger partial charge is 0.494 e. The van der Waals surface area contributed by atoms with Crippen LogP contribution in [-0.2, 0) is 9.59 Å². The van der Waals surface area contributed by atoms with Crippen molar-refractivity contribution in [1.82, 2.24) is 10.2 Å². The Balaban J connectivity index is 1.99. The zero-order valence-corrected chi connectivity index (χ0v) is 18.4. The van der Waals surface area contributed by atoms with E-state index in [2.05, 4.69) is 15.5 Å². The van der Waals surface area contributed by atoms with Crippen molar-refractivity contribution < 1.29 is 14.3 Å². The van der Waals surface area contributed by atoms with Crippen LogP contribution in [0.4, 0.5) is 5.69 Å². The monoisotopic (exact) mass is 411 g/mol. The van der Waals surface area contributed by atoms with Gasteiger partial charge in [-0.15, -0.1) is 0 Å². The van der Waals surface area contributed by atoms with Crippen LogP contribution in [0.5, 0.6) is 5.75 Å². The Bertz CT molecular complexity index is 789. The van der Waals surface area contributed by atoms with Crippen LogP contribution in [0.1, 0.15) is 38.3 Å². The molecular formula is C24H33N3O3. The first-order valence-electron chi connectivity index (χ1n) is 10.4. The highest BCUT2D eigenvalue weighted by atomic mass is 16.5. The van der Waals surface area contributed by atoms with E-state index in [1.54, 1.807) is 12.1 Å². The molecule has 0 fully saturated rings. The zero-order valence-electron chi connectivity index (χ0n) is 18.4. The van der Waals surface area contributed by atoms with Crippen LogP contribution < -0.4 is 15.4 Å². The van der Waals surface area contributed by atoms with Gasteiger partial charge in [0.2, 0.25) is 5.91 Å². The highest BCUT2D eigenvalue weighted by Crippen LogP contribution is 2.19. The number of carbonyl (C=O) groups is 2. The number of anilines is 1. The molecule has 2 amide bonds. The summed E-state index contributed by atoms with van der Waals surface area (Å²) in [6.07, 6.45) is 1.32. The molecule has 0 saturated carbocycles. The van der Waals surface area contributed by atoms with Gasteiger partial charge in [-0.1, -0.05) is 44.2 Å². The van der Waals surface area contributed by atoms with Crippen LogP contribution in [0.15, 0.2) is 54.6 Å². The van der Waals surface area contributed by atoms with Gasteiger partial charge >= 0.3 is 0 Å². The molecule has 2 aromatic rings. The predicted molar refractivity (Wildman–Crippen MR) is 121 cm³/mol. The number of carbonyl (C=O) groups excluding carboxylic acids is 2. The summed E-state index contributed by atoms with van der Waals surface area (Å²) in [6, 6.07) is 15.8. The molecule has 0 bridgehead atoms. The van der Waals surface area contributed by atoms with Gasteiger partial charge < -0.3 is 20.3 Å². The van der Waals surface area contributed by atoms with Crippen molar-refractivity contribution in [2.75, 3.05) is 32.6 Å². The molecular weight excluding hydrogens is 378 g/mol. The Hall–Kier alpha value is -2.86. The van der Waals surface area contributed by atoms with Crippen LogP contribution in [0.3, 0.4) is 0 Å². The number of hydrogen-bond acceptors (Lipinski definition) is 4. The third-order valence-corrected chi connectivity index (χ3v) is 4.43. The second kappa shape index (κ2) is 12.0. The van der Waals surface area contributed by atoms with Gasteiger partial charge in [0.15, 0.2) is 0 Å². The van der Waals surface area contributed by atoms with E-state index in [-0.39, 0.29) is 17.7 Å². The van der Waals surface area contributed by atoms with Gasteiger partial charge in [0.05, 0.1) is 6.61 Å². The van der Waals surface area contributed by atoms with Crippen molar-refractivity contribution in [2.45, 2.75) is 32.7 Å². The Kier molecular flexibility index (Phi) is 9.35. The fourth-order valence-corrected chi connectivity index (χ4v) is 2.96. The smallest absolute Gasteiger partial charge is 0.251 e. The third-order valence-electron chi connectivity index (χ3n) is 4.43. The van der Waals surface area contributed by atoms with Gasteiger partial charge in [0, 0.05) is 18.7 Å². The second-order valence-corrected chi connectivity index (χ2v) is 8.03. The topological polar surface area (TPSA) is 70.7 Å². The van der Waals surface area contributed by atoms with Crippen LogP contribution in [0.2, 0.25) is 0 Å². The number of hydrogen-bond donors (Lipinski definition) is 2. The average molecular weight is 412 g/mol. The molecule has 0 radical (unpaired) electrons. The predicted octanol–water partition coefficient (Wildman–Crippen LogP) is 3.86. The number of ether oxygens (including phenoxy) is 1. The van der Waals surface area contributed by atoms with E-state index in [9.17, 15) is 9.59 Å². The van der Waals surface area contributed by atoms with E-state index in [4.69, 9.17) is 4.74 Å². The van der Waals surface area contributed by atoms with Crippen LogP contribution in [0.25, 0.3) is 0 Å². The molecule has 2 aromatic carbocycles. The molecule has 2 rings (SSSR count). The molecule has 1 unspecified atom stereocenters. The van der Waals surface area contributed by atoms with Crippen LogP contribution >= 0.6 is 0 Å². The van der Waals surface area contributed by atoms with Gasteiger partial charge in [-0.05, 0) is 56.3 Å². The lowest BCUT2D eigenvalue weighted by molar-refractivity contribution is -0.127. The molecule has 162 valence electrons. The van der Waals surface area contributed by atoms with Crippen LogP contribution in [0, 0.1) is 5.92 Å². The fourth-order valence-electron chi connectivity index (χ4n) is 2.96. The molecule has 0 aliphatic rings. The molecule has 0 aliphatic carbocycles. The van der Waals surface area contributed by atoms with Gasteiger partial charge in [0.25, 0.3) is 5.91 Å². The summed E-state index contributed by atoms with van der Waals surface area (Å²) in [6.45, 7) is 5.56. The molecule has 0 spiro atoms. The summed E-state index contributed by atoms with van der Waals surface area (Å²) >= 11 is 0. The van der Waals surface area contributed by atoms with Crippen molar-refractivity contribution in [2.24, 2.45) is 5.92 Å². The quantitative estimate of drug-likeness (QED) is 0.551. The van der Waals surface area contributed by atoms with Crippen molar-refractivity contribution >= 4 is 17.5 Å². The highest BCUT2D eigenvalue weighted by Gasteiger charge is 2.23. The molecule has 1 atom stereocenters. The first kappa shape index (κ1) is 23.4. The SMILES string of the molecule is CC(C)CC(=O)NC(C(=O)Nc1ccc(OCCCN(C)C)cc1)c1ccccc1. The normalized spacial score (nSPS) is 11.9. The van der Waals surface area contributed by atoms with Crippen molar-refractivity contribution in [1.29, 1.82) is 0 Å². The average Bonchev–Trinajstić information content (AvgIpc) is 2.70. The minimum atomic E-state index is -0.751. The molecule has 0 heterocycles. The maximum absolute atomic E-state index is 12.9. The van der Waals surface area contributed by atoms with Gasteiger partial charge in [-0.25, -0.2) is 0 Å². The zero-order chi connectivity index (χ0) is 21.9. The number of rotatable bonds is 11. The summed E-state index contributed by atoms with van der Waals surface area (Å²) in [7, 11) is 4.07. The van der Waals surface area contributed by atoms with Gasteiger partial charge in [-0.2, -0.15) is 0 Å². The van der Waals surface area contributed by atoms with Crippen LogP contribution in [-0.4, -0.2) is 44.0 Å². The molecule has 30 heavy (non-hydrogen) atoms. The molecule has 2 N–H and O–H groups in total. The molecule has 0 saturated heterocycles. The lowest BCUT2D eigenvalue weighted by atomic mass is 10.0. The number of nitrogens with zero attached hydrogens (tertiary/aromatic N) is 1. The van der Waals surface area contributed by atoms with Gasteiger partial charge in [0.1, 0.15) is 11.8 Å². The van der Waals surface area contributed by atoms with E-state index in [1.807, 2.05) is 70.4 Å². The van der Waals surface area contributed by atoms with Crippen molar-refractivity contribution in [3.05, 3.63) is 60.2 Å². The summed E-state index contributed by atoms with van der Waals surface area (Å²) in [5, 5.41) is 5.75. The molecule has 6 heteroatoms. The molecule has 0 aromatic heterocycles. The maximum Gasteiger partial charge on any atom is 0.251 e. The first-order valence-corrected chi connectivity index (χ1v) is 10.4. The highest BCUT2D eigenvalue weighted by molar-refractivity contribution is 5.97. The standard InChI is InChI=1S/C24H33N3O3/c1-18(2)17-22(28)26-23(19-9-6-5-7-10-19)24(29)25-20-11-13-21(14-12-20)30-16-8-15-27(3)4/h5-7,9-14,18,23H,8,15-17H2,1-4H3,(H,25,29)(H,26,28). The van der Waals surface area contributed by atoms with Gasteiger partial charge in [-0.3, -0.25) is 9.59 Å². The Morgan fingerprint density at radius 2 is 1.67 bits per heavy atom. The van der Waals surface area contributed by atoms with Crippen molar-refractivity contribution in [3.8, 4) is 5.75 Å². The molecule has 0 aliphatic heterocycles. The number of amides is 2. The summed E-state index contributed by atoms with van der Waals surface area (Å²) in [5.74, 6) is 0.555. The maximum atomic E-state index is 12.9. The molecule has 6 nitrogen and oxygen atoms in total. The number of benzene rings is 2. The Morgan fingerprint density at radius 3 is 2.27 bits per heavy atom. The minimum Gasteiger partial charge on any atom is -0.494 e. The second-order valence-electron chi connectivity index (χ2n) is 8.03. The fraction of sp³-hybridized carbons (Fsp3) is 0.417. The van der Waals surface area contributed by atoms with E-state index in [0.717, 1.165) is 24.3 Å². The lowest BCUT2D eigenvalue weighted by Gasteiger charge is -2.19. The minimum absolute atomic E-state index is 0.143. The van der Waals surface area contributed by atoms with E-state index in [0.29, 0.717) is 18.7 Å². The Labute approximate surface area is 179 Å². The Morgan fingerprint density at radius 1 is 1.00 bits per heavy atom. The first-order chi connectivity index (χ1) is 14.3. The van der Waals surface area contributed by atoms with E-state index >= 15 is 0 Å². The summed E-state index contributed by atoms with van der Waals surface area (Å²) < 4.78 is 5.73. The van der Waals surface area contributed by atoms with E-state index < -0.39 is 6.04 Å². The third kappa shape index (κ3) is 8.25. The summed E-state index contributed by atoms with van der Waals surface area (Å²) in [4.78, 5) is 27.3. The number of nitrogens with one attached hydrogen (secondary N) is 2. The van der Waals surface area contributed by atoms with Crippen molar-refractivity contribution in [3.63, 3.8) is 0 Å². The summed E-state index contributed by atoms with van der Waals surface area (Å²) in [5.41, 5.74) is 1.40.